The van der Waals surface area contributed by atoms with Gasteiger partial charge in [0.1, 0.15) is 24.7 Å². The van der Waals surface area contributed by atoms with E-state index >= 15 is 0 Å². The van der Waals surface area contributed by atoms with Crippen molar-refractivity contribution < 1.29 is 33.5 Å². The van der Waals surface area contributed by atoms with Crippen LogP contribution in [0.2, 0.25) is 0 Å². The number of fused-ring (bicyclic) bond motifs is 1. The smallest absolute Gasteiger partial charge is 0.329 e. The van der Waals surface area contributed by atoms with Crippen LogP contribution in [0.4, 0.5) is 4.79 Å². The maximum atomic E-state index is 14.4. The number of benzene rings is 1. The molecule has 0 aromatic heterocycles. The van der Waals surface area contributed by atoms with E-state index in [2.05, 4.69) is 41.7 Å². The van der Waals surface area contributed by atoms with Crippen molar-refractivity contribution in [3.8, 4) is 0 Å². The highest BCUT2D eigenvalue weighted by molar-refractivity contribution is 6.38. The second-order valence-electron chi connectivity index (χ2n) is 15.6. The van der Waals surface area contributed by atoms with E-state index in [1.165, 1.54) is 11.0 Å². The number of urea groups is 1. The van der Waals surface area contributed by atoms with Crippen LogP contribution in [0.25, 0.3) is 0 Å². The van der Waals surface area contributed by atoms with Gasteiger partial charge in [-0.15, -0.1) is 6.58 Å². The van der Waals surface area contributed by atoms with Crippen LogP contribution in [0.5, 0.6) is 0 Å². The minimum atomic E-state index is -1.05. The molecular formula is C38H55N5O7. The van der Waals surface area contributed by atoms with Crippen molar-refractivity contribution in [1.82, 2.24) is 26.2 Å². The van der Waals surface area contributed by atoms with Crippen molar-refractivity contribution in [2.75, 3.05) is 13.1 Å². The zero-order valence-corrected chi connectivity index (χ0v) is 30.4. The van der Waals surface area contributed by atoms with Gasteiger partial charge < -0.3 is 30.9 Å². The predicted octanol–water partition coefficient (Wildman–Crippen LogP) is 3.64. The van der Waals surface area contributed by atoms with Crippen molar-refractivity contribution in [1.29, 1.82) is 0 Å². The Balaban J connectivity index is 1.50. The maximum Gasteiger partial charge on any atom is 0.329 e. The van der Waals surface area contributed by atoms with Crippen LogP contribution in [0, 0.1) is 28.6 Å². The van der Waals surface area contributed by atoms with Gasteiger partial charge in [0, 0.05) is 13.1 Å². The standard InChI is InChI=1S/C38H55N5O7/c1-8-15-26(30(44)33(46)39-20-9-2)40-32(45)29-27-25(38(27,6)7)21-43(29)34(47)31(37(3,4)5)42-36(49)41-28(24-18-13-14-19-24)35(48)50-22-23-16-11-10-12-17-23/h9-12,16-17,24-29,31H,2,8,13-15,18-22H2,1,3-7H3,(H,39,46)(H,40,45)(H2,41,42,49)/t25-,26?,27-,28-,29-,31+/m0/s1. The Morgan fingerprint density at radius 1 is 1.02 bits per heavy atom. The minimum Gasteiger partial charge on any atom is -0.459 e. The fraction of sp³-hybridized carbons (Fsp3) is 0.632. The second kappa shape index (κ2) is 16.2. The number of nitrogens with zero attached hydrogens (tertiary/aromatic N) is 1. The molecule has 0 radical (unpaired) electrons. The Hall–Kier alpha value is -4.22. The number of likely N-dealkylation sites (tertiary alicyclic amines) is 1. The summed E-state index contributed by atoms with van der Waals surface area (Å²) in [6.07, 6.45) is 5.70. The lowest BCUT2D eigenvalue weighted by molar-refractivity contribution is -0.148. The highest BCUT2D eigenvalue weighted by atomic mass is 16.5. The number of carbonyl (C=O) groups excluding carboxylic acids is 6. The van der Waals surface area contributed by atoms with Crippen LogP contribution in [0.3, 0.4) is 0 Å². The quantitative estimate of drug-likeness (QED) is 0.124. The zero-order valence-electron chi connectivity index (χ0n) is 30.4. The summed E-state index contributed by atoms with van der Waals surface area (Å²) in [4.78, 5) is 82.3. The largest absolute Gasteiger partial charge is 0.459 e. The Morgan fingerprint density at radius 3 is 2.28 bits per heavy atom. The number of rotatable bonds is 15. The van der Waals surface area contributed by atoms with Crippen LogP contribution in [-0.2, 0) is 35.3 Å². The van der Waals surface area contributed by atoms with Crippen LogP contribution in [0.1, 0.15) is 85.6 Å². The topological polar surface area (TPSA) is 163 Å². The van der Waals surface area contributed by atoms with E-state index < -0.39 is 65.1 Å². The summed E-state index contributed by atoms with van der Waals surface area (Å²) in [6.45, 7) is 15.5. The molecule has 50 heavy (non-hydrogen) atoms. The average molecular weight is 694 g/mol. The first-order chi connectivity index (χ1) is 23.6. The third-order valence-electron chi connectivity index (χ3n) is 10.6. The summed E-state index contributed by atoms with van der Waals surface area (Å²) in [5.74, 6) is -3.21. The van der Waals surface area contributed by atoms with E-state index in [1.807, 2.05) is 58.0 Å². The number of piperidine rings is 1. The molecule has 2 aliphatic carbocycles. The minimum absolute atomic E-state index is 0.0546. The number of esters is 1. The van der Waals surface area contributed by atoms with Crippen molar-refractivity contribution in [3.63, 3.8) is 0 Å². The molecule has 12 nitrogen and oxygen atoms in total. The third kappa shape index (κ3) is 8.92. The number of hydrogen-bond acceptors (Lipinski definition) is 7. The lowest BCUT2D eigenvalue weighted by Crippen LogP contribution is -2.62. The van der Waals surface area contributed by atoms with E-state index in [1.54, 1.807) is 0 Å². The van der Waals surface area contributed by atoms with Crippen LogP contribution in [0.15, 0.2) is 43.0 Å². The number of ether oxygens (including phenoxy) is 1. The van der Waals surface area contributed by atoms with Gasteiger partial charge in [-0.05, 0) is 53.4 Å². The molecule has 4 rings (SSSR count). The lowest BCUT2D eigenvalue weighted by Gasteiger charge is -2.38. The summed E-state index contributed by atoms with van der Waals surface area (Å²) in [7, 11) is 0. The number of nitrogens with one attached hydrogen (secondary N) is 4. The molecule has 2 saturated carbocycles. The first-order valence-corrected chi connectivity index (χ1v) is 17.9. The Kier molecular flexibility index (Phi) is 12.5. The van der Waals surface area contributed by atoms with Crippen molar-refractivity contribution in [3.05, 3.63) is 48.6 Å². The van der Waals surface area contributed by atoms with E-state index in [4.69, 9.17) is 4.74 Å². The van der Waals surface area contributed by atoms with E-state index in [9.17, 15) is 28.8 Å². The molecule has 1 saturated heterocycles. The van der Waals surface area contributed by atoms with Gasteiger partial charge in [-0.3, -0.25) is 19.2 Å². The monoisotopic (exact) mass is 693 g/mol. The molecule has 1 unspecified atom stereocenters. The van der Waals surface area contributed by atoms with Gasteiger partial charge in [0.25, 0.3) is 5.91 Å². The fourth-order valence-corrected chi connectivity index (χ4v) is 7.64. The molecule has 1 heterocycles. The Morgan fingerprint density at radius 2 is 1.68 bits per heavy atom. The van der Waals surface area contributed by atoms with Gasteiger partial charge in [-0.25, -0.2) is 9.59 Å². The van der Waals surface area contributed by atoms with Gasteiger partial charge in [0.05, 0.1) is 6.04 Å². The van der Waals surface area contributed by atoms with Crippen LogP contribution in [-0.4, -0.2) is 77.7 Å². The molecule has 5 amide bonds. The molecule has 6 atom stereocenters. The Labute approximate surface area is 295 Å². The van der Waals surface area contributed by atoms with Crippen molar-refractivity contribution in [2.45, 2.75) is 111 Å². The summed E-state index contributed by atoms with van der Waals surface area (Å²) >= 11 is 0. The summed E-state index contributed by atoms with van der Waals surface area (Å²) in [5.41, 5.74) is -0.139. The number of ketones is 1. The molecule has 0 spiro atoms. The molecule has 3 aliphatic rings. The van der Waals surface area contributed by atoms with Crippen LogP contribution >= 0.6 is 0 Å². The van der Waals surface area contributed by atoms with Gasteiger partial charge in [0.2, 0.25) is 17.6 Å². The lowest BCUT2D eigenvalue weighted by atomic mass is 9.85. The number of carbonyl (C=O) groups is 6. The highest BCUT2D eigenvalue weighted by Crippen LogP contribution is 2.65. The summed E-state index contributed by atoms with van der Waals surface area (Å²) in [5, 5.41) is 10.9. The normalized spacial score (nSPS) is 22.7. The van der Waals surface area contributed by atoms with Crippen LogP contribution < -0.4 is 21.3 Å². The van der Waals surface area contributed by atoms with Gasteiger partial charge >= 0.3 is 12.0 Å². The van der Waals surface area contributed by atoms with Crippen molar-refractivity contribution >= 4 is 35.5 Å². The maximum absolute atomic E-state index is 14.4. The van der Waals surface area contributed by atoms with Gasteiger partial charge in [0.15, 0.2) is 0 Å². The van der Waals surface area contributed by atoms with E-state index in [0.29, 0.717) is 13.0 Å². The number of hydrogen-bond donors (Lipinski definition) is 4. The third-order valence-corrected chi connectivity index (χ3v) is 10.6. The molecule has 12 heteroatoms. The van der Waals surface area contributed by atoms with E-state index in [0.717, 1.165) is 31.2 Å². The van der Waals surface area contributed by atoms with Crippen molar-refractivity contribution in [2.24, 2.45) is 28.6 Å². The molecule has 3 fully saturated rings. The Bertz CT molecular complexity index is 1430. The van der Waals surface area contributed by atoms with Gasteiger partial charge in [-0.1, -0.05) is 97.2 Å². The zero-order chi connectivity index (χ0) is 36.8. The number of Topliss-reactive ketones (excluding diaryl/α,β-unsaturated/α-hetero) is 1. The SMILES string of the molecule is C=CCNC(=O)C(=O)C(CCC)NC(=O)[C@@H]1[C@@H]2[C@H](CN1C(=O)[C@@H](NC(=O)N[C@H](C(=O)OCc1ccccc1)C1CCCC1)C(C)(C)C)C2(C)C. The highest BCUT2D eigenvalue weighted by Gasteiger charge is 2.70. The van der Waals surface area contributed by atoms with E-state index in [-0.39, 0.29) is 42.7 Å². The molecule has 1 aromatic carbocycles. The van der Waals surface area contributed by atoms with Gasteiger partial charge in [-0.2, -0.15) is 0 Å². The first kappa shape index (κ1) is 38.6. The molecule has 0 bridgehead atoms. The predicted molar refractivity (Wildman–Crippen MR) is 188 cm³/mol. The number of amides is 5. The molecule has 1 aliphatic heterocycles. The molecular weight excluding hydrogens is 638 g/mol. The summed E-state index contributed by atoms with van der Waals surface area (Å²) in [6, 6.07) is 4.78. The second-order valence-corrected chi connectivity index (χ2v) is 15.6. The average Bonchev–Trinajstić information content (AvgIpc) is 3.52. The fourth-order valence-electron chi connectivity index (χ4n) is 7.64. The first-order valence-electron chi connectivity index (χ1n) is 17.9. The molecule has 1 aromatic rings. The molecule has 4 N–H and O–H groups in total. The molecule has 274 valence electrons. The summed E-state index contributed by atoms with van der Waals surface area (Å²) < 4.78 is 5.63.